The van der Waals surface area contributed by atoms with Crippen molar-refractivity contribution in [3.8, 4) is 5.75 Å². The molecule has 0 bridgehead atoms. The van der Waals surface area contributed by atoms with Crippen LogP contribution in [-0.4, -0.2) is 19.2 Å². The van der Waals surface area contributed by atoms with E-state index in [9.17, 15) is 4.79 Å². The van der Waals surface area contributed by atoms with Crippen molar-refractivity contribution in [3.05, 3.63) is 48.6 Å². The molecule has 1 rings (SSSR count). The second-order valence-corrected chi connectivity index (χ2v) is 4.70. The number of benzene rings is 1. The molecule has 0 radical (unpaired) electrons. The Balaban J connectivity index is 2.36. The first-order valence-electron chi connectivity index (χ1n) is 7.45. The Hall–Kier alpha value is -2.03. The average Bonchev–Trinajstić information content (AvgIpc) is 2.51. The molecule has 0 spiro atoms. The van der Waals surface area contributed by atoms with Gasteiger partial charge in [0.15, 0.2) is 0 Å². The van der Waals surface area contributed by atoms with Crippen LogP contribution in [0.5, 0.6) is 5.75 Å². The number of hydrogen-bond donors (Lipinski definition) is 0. The first-order chi connectivity index (χ1) is 10.3. The standard InChI is InChI=1S/C18H24O3/c1-3-5-7-15-20-17-11-8-16(9-12-17)10-13-18(19)21-14-6-4-2/h4,8-13H,2-3,5-7,14-15H2,1H3. The second kappa shape index (κ2) is 10.7. The van der Waals surface area contributed by atoms with E-state index in [1.54, 1.807) is 12.2 Å². The van der Waals surface area contributed by atoms with E-state index in [2.05, 4.69) is 13.5 Å². The zero-order valence-corrected chi connectivity index (χ0v) is 12.7. The molecule has 1 aromatic rings. The number of esters is 1. The van der Waals surface area contributed by atoms with Crippen LogP contribution in [0.3, 0.4) is 0 Å². The zero-order valence-electron chi connectivity index (χ0n) is 12.7. The van der Waals surface area contributed by atoms with Gasteiger partial charge < -0.3 is 9.47 Å². The van der Waals surface area contributed by atoms with Crippen molar-refractivity contribution in [2.75, 3.05) is 13.2 Å². The zero-order chi connectivity index (χ0) is 15.3. The van der Waals surface area contributed by atoms with Crippen molar-refractivity contribution in [1.29, 1.82) is 0 Å². The highest BCUT2D eigenvalue weighted by molar-refractivity contribution is 5.87. The minimum absolute atomic E-state index is 0.336. The molecular formula is C18H24O3. The van der Waals surface area contributed by atoms with Gasteiger partial charge in [-0.25, -0.2) is 4.79 Å². The lowest BCUT2D eigenvalue weighted by Crippen LogP contribution is -2.01. The summed E-state index contributed by atoms with van der Waals surface area (Å²) in [6.07, 6.45) is 9.01. The molecule has 0 aliphatic rings. The normalized spacial score (nSPS) is 10.5. The molecule has 0 heterocycles. The van der Waals surface area contributed by atoms with E-state index in [1.165, 1.54) is 18.9 Å². The van der Waals surface area contributed by atoms with Gasteiger partial charge in [-0.2, -0.15) is 0 Å². The van der Waals surface area contributed by atoms with Gasteiger partial charge in [0.25, 0.3) is 0 Å². The van der Waals surface area contributed by atoms with Crippen LogP contribution in [0.2, 0.25) is 0 Å². The van der Waals surface area contributed by atoms with Crippen LogP contribution < -0.4 is 4.74 Å². The molecule has 0 N–H and O–H groups in total. The Kier molecular flexibility index (Phi) is 8.69. The van der Waals surface area contributed by atoms with Gasteiger partial charge in [-0.05, 0) is 36.6 Å². The average molecular weight is 288 g/mol. The highest BCUT2D eigenvalue weighted by Gasteiger charge is 1.97. The molecule has 3 heteroatoms. The molecule has 0 saturated carbocycles. The summed E-state index contributed by atoms with van der Waals surface area (Å²) in [7, 11) is 0. The molecule has 21 heavy (non-hydrogen) atoms. The van der Waals surface area contributed by atoms with Crippen molar-refractivity contribution in [1.82, 2.24) is 0 Å². The Morgan fingerprint density at radius 3 is 2.62 bits per heavy atom. The first-order valence-corrected chi connectivity index (χ1v) is 7.45. The third kappa shape index (κ3) is 7.98. The van der Waals surface area contributed by atoms with Gasteiger partial charge in [0.2, 0.25) is 0 Å². The molecule has 3 nitrogen and oxygen atoms in total. The molecule has 0 aliphatic carbocycles. The highest BCUT2D eigenvalue weighted by Crippen LogP contribution is 2.14. The lowest BCUT2D eigenvalue weighted by molar-refractivity contribution is -0.137. The topological polar surface area (TPSA) is 35.5 Å². The molecule has 0 aliphatic heterocycles. The van der Waals surface area contributed by atoms with Crippen LogP contribution >= 0.6 is 0 Å². The van der Waals surface area contributed by atoms with Gasteiger partial charge >= 0.3 is 5.97 Å². The lowest BCUT2D eigenvalue weighted by Gasteiger charge is -2.05. The molecule has 1 aromatic carbocycles. The second-order valence-electron chi connectivity index (χ2n) is 4.70. The summed E-state index contributed by atoms with van der Waals surface area (Å²) in [5.41, 5.74) is 0.941. The number of carbonyl (C=O) groups excluding carboxylic acids is 1. The fourth-order valence-corrected chi connectivity index (χ4v) is 1.67. The minimum atomic E-state index is -0.336. The van der Waals surface area contributed by atoms with E-state index in [1.807, 2.05) is 24.3 Å². The van der Waals surface area contributed by atoms with E-state index < -0.39 is 0 Å². The van der Waals surface area contributed by atoms with Crippen LogP contribution in [0.25, 0.3) is 6.08 Å². The lowest BCUT2D eigenvalue weighted by atomic mass is 10.2. The fraction of sp³-hybridized carbons (Fsp3) is 0.389. The van der Waals surface area contributed by atoms with Gasteiger partial charge in [0.05, 0.1) is 13.2 Å². The van der Waals surface area contributed by atoms with Crippen LogP contribution in [0.15, 0.2) is 43.0 Å². The van der Waals surface area contributed by atoms with Gasteiger partial charge in [-0.1, -0.05) is 38.0 Å². The maximum absolute atomic E-state index is 11.4. The summed E-state index contributed by atoms with van der Waals surface area (Å²) in [4.78, 5) is 11.4. The van der Waals surface area contributed by atoms with Crippen molar-refractivity contribution < 1.29 is 14.3 Å². The molecular weight excluding hydrogens is 264 g/mol. The van der Waals surface area contributed by atoms with Crippen molar-refractivity contribution in [3.63, 3.8) is 0 Å². The van der Waals surface area contributed by atoms with Crippen LogP contribution in [0.1, 0.15) is 38.2 Å². The fourth-order valence-electron chi connectivity index (χ4n) is 1.67. The third-order valence-corrected chi connectivity index (χ3v) is 2.87. The summed E-state index contributed by atoms with van der Waals surface area (Å²) in [5, 5.41) is 0. The number of rotatable bonds is 10. The Labute approximate surface area is 127 Å². The largest absolute Gasteiger partial charge is 0.494 e. The Morgan fingerprint density at radius 2 is 1.95 bits per heavy atom. The number of unbranched alkanes of at least 4 members (excludes halogenated alkanes) is 2. The van der Waals surface area contributed by atoms with Crippen LogP contribution in [0.4, 0.5) is 0 Å². The number of carbonyl (C=O) groups is 1. The van der Waals surface area contributed by atoms with Crippen LogP contribution in [-0.2, 0) is 9.53 Å². The first kappa shape index (κ1) is 17.0. The van der Waals surface area contributed by atoms with Crippen molar-refractivity contribution in [2.24, 2.45) is 0 Å². The maximum atomic E-state index is 11.4. The highest BCUT2D eigenvalue weighted by atomic mass is 16.5. The minimum Gasteiger partial charge on any atom is -0.494 e. The van der Waals surface area contributed by atoms with Gasteiger partial charge in [0.1, 0.15) is 5.75 Å². The summed E-state index contributed by atoms with van der Waals surface area (Å²) < 4.78 is 10.6. The van der Waals surface area contributed by atoms with Crippen molar-refractivity contribution in [2.45, 2.75) is 32.6 Å². The predicted octanol–water partition coefficient (Wildman–Crippen LogP) is 4.39. The Morgan fingerprint density at radius 1 is 1.19 bits per heavy atom. The predicted molar refractivity (Wildman–Crippen MR) is 86.3 cm³/mol. The summed E-state index contributed by atoms with van der Waals surface area (Å²) in [5.74, 6) is 0.522. The van der Waals surface area contributed by atoms with E-state index >= 15 is 0 Å². The number of ether oxygens (including phenoxy) is 2. The maximum Gasteiger partial charge on any atom is 0.330 e. The monoisotopic (exact) mass is 288 g/mol. The molecule has 0 aromatic heterocycles. The van der Waals surface area contributed by atoms with Crippen molar-refractivity contribution >= 4 is 12.0 Å². The van der Waals surface area contributed by atoms with Gasteiger partial charge in [-0.15, -0.1) is 6.58 Å². The van der Waals surface area contributed by atoms with E-state index in [0.717, 1.165) is 24.3 Å². The van der Waals surface area contributed by atoms with Gasteiger partial charge in [0, 0.05) is 6.08 Å². The van der Waals surface area contributed by atoms with E-state index in [-0.39, 0.29) is 5.97 Å². The van der Waals surface area contributed by atoms with Gasteiger partial charge in [-0.3, -0.25) is 0 Å². The summed E-state index contributed by atoms with van der Waals surface area (Å²) in [6, 6.07) is 7.66. The SMILES string of the molecule is C=CCCOC(=O)C=Cc1ccc(OCCCCC)cc1. The molecule has 114 valence electrons. The molecule has 0 unspecified atom stereocenters. The molecule has 0 fully saturated rings. The Bertz CT molecular complexity index is 446. The smallest absolute Gasteiger partial charge is 0.330 e. The quantitative estimate of drug-likeness (QED) is 0.277. The third-order valence-electron chi connectivity index (χ3n) is 2.87. The molecule has 0 saturated heterocycles. The molecule has 0 amide bonds. The summed E-state index contributed by atoms with van der Waals surface area (Å²) in [6.45, 7) is 6.86. The summed E-state index contributed by atoms with van der Waals surface area (Å²) >= 11 is 0. The molecule has 0 atom stereocenters. The number of hydrogen-bond acceptors (Lipinski definition) is 3. The van der Waals surface area contributed by atoms with E-state index in [0.29, 0.717) is 13.0 Å². The van der Waals surface area contributed by atoms with Crippen LogP contribution in [0, 0.1) is 0 Å². The van der Waals surface area contributed by atoms with E-state index in [4.69, 9.17) is 9.47 Å².